The number of rotatable bonds is 13. The highest BCUT2D eigenvalue weighted by Gasteiger charge is 2.26. The van der Waals surface area contributed by atoms with Crippen LogP contribution in [0.3, 0.4) is 0 Å². The molecule has 0 radical (unpaired) electrons. The zero-order valence-electron chi connectivity index (χ0n) is 24.4. The molecule has 4 aromatic rings. The summed E-state index contributed by atoms with van der Waals surface area (Å²) in [6.07, 6.45) is -0.671. The molecule has 19 nitrogen and oxygen atoms in total. The van der Waals surface area contributed by atoms with Crippen molar-refractivity contribution in [2.45, 2.75) is 35.5 Å². The molecule has 1 heterocycles. The summed E-state index contributed by atoms with van der Waals surface area (Å²) < 4.78 is 133. The predicted octanol–water partition coefficient (Wildman–Crippen LogP) is 3.89. The SMILES string of the molecule is C.CCCS(=O)OCN(C)c1nc(F)nc(Nc2ccc(S(=O)(=O)O)c(N=Nc3c(S(=O)(=O)O)cc4cccc(S(=O)(=O)O)c4c3O)c2)n1. The summed E-state index contributed by atoms with van der Waals surface area (Å²) in [5, 5.41) is 19.7. The number of aromatic nitrogens is 3. The summed E-state index contributed by atoms with van der Waals surface area (Å²) in [6.45, 7) is 1.51. The second-order valence-corrected chi connectivity index (χ2v) is 15.0. The average Bonchev–Trinajstić information content (AvgIpc) is 2.97. The van der Waals surface area contributed by atoms with Crippen LogP contribution in [0.1, 0.15) is 20.8 Å². The van der Waals surface area contributed by atoms with E-state index in [1.807, 2.05) is 0 Å². The number of benzene rings is 3. The first-order chi connectivity index (χ1) is 22.3. The Labute approximate surface area is 281 Å². The van der Waals surface area contributed by atoms with Gasteiger partial charge in [0, 0.05) is 23.9 Å². The van der Waals surface area contributed by atoms with E-state index in [0.29, 0.717) is 12.5 Å². The Bertz CT molecular complexity index is 2290. The number of aromatic hydroxyl groups is 1. The zero-order chi connectivity index (χ0) is 35.6. The van der Waals surface area contributed by atoms with E-state index in [2.05, 4.69) is 30.5 Å². The summed E-state index contributed by atoms with van der Waals surface area (Å²) in [5.41, 5.74) is -1.90. The predicted molar refractivity (Wildman–Crippen MR) is 173 cm³/mol. The van der Waals surface area contributed by atoms with Gasteiger partial charge < -0.3 is 15.3 Å². The van der Waals surface area contributed by atoms with Crippen molar-refractivity contribution in [2.75, 3.05) is 29.7 Å². The van der Waals surface area contributed by atoms with Crippen LogP contribution < -0.4 is 10.2 Å². The van der Waals surface area contributed by atoms with E-state index in [1.165, 1.54) is 11.9 Å². The molecular weight excluding hydrogens is 738 g/mol. The first-order valence-corrected chi connectivity index (χ1v) is 18.5. The third kappa shape index (κ3) is 9.44. The van der Waals surface area contributed by atoms with E-state index in [0.717, 1.165) is 36.4 Å². The number of hydrogen-bond donors (Lipinski definition) is 5. The number of anilines is 3. The van der Waals surface area contributed by atoms with Gasteiger partial charge in [-0.15, -0.1) is 10.2 Å². The standard InChI is InChI=1S/C24H24FN7O12S4.CH4/c1-3-9-45(34)44-12-32(2)24-28-22(25)27-23(29-24)26-14-7-8-16(46(35,36)37)15(11-14)30-31-20-18(48(41,42)43)10-13-5-4-6-17(47(38,39)40)19(13)21(20)33;/h4-8,10-11,33H,3,9,12H2,1-2H3,(H,35,36,37)(H,38,39,40)(H,41,42,43)(H,26,27,28,29);1H4. The highest BCUT2D eigenvalue weighted by atomic mass is 32.2. The fourth-order valence-corrected chi connectivity index (χ4v) is 6.70. The molecule has 266 valence electrons. The molecule has 0 spiro atoms. The summed E-state index contributed by atoms with van der Waals surface area (Å²) in [4.78, 5) is 9.39. The van der Waals surface area contributed by atoms with Gasteiger partial charge in [0.1, 0.15) is 32.8 Å². The number of halogens is 1. The lowest BCUT2D eigenvalue weighted by molar-refractivity contribution is 0.347. The third-order valence-electron chi connectivity index (χ3n) is 6.03. The van der Waals surface area contributed by atoms with Gasteiger partial charge >= 0.3 is 6.08 Å². The van der Waals surface area contributed by atoms with Gasteiger partial charge in [-0.3, -0.25) is 17.8 Å². The van der Waals surface area contributed by atoms with E-state index >= 15 is 0 Å². The third-order valence-corrected chi connectivity index (χ3v) is 9.81. The van der Waals surface area contributed by atoms with E-state index in [1.54, 1.807) is 6.92 Å². The molecule has 1 atom stereocenters. The van der Waals surface area contributed by atoms with E-state index in [9.17, 15) is 52.6 Å². The Morgan fingerprint density at radius 1 is 0.918 bits per heavy atom. The molecular formula is C25H28FN7O12S4. The fraction of sp³-hybridized carbons (Fsp3) is 0.240. The number of phenolic OH excluding ortho intramolecular Hbond substituents is 1. The first kappa shape index (κ1) is 39.1. The smallest absolute Gasteiger partial charge is 0.315 e. The van der Waals surface area contributed by atoms with Gasteiger partial charge in [-0.1, -0.05) is 26.5 Å². The Kier molecular flexibility index (Phi) is 12.0. The molecule has 1 aromatic heterocycles. The molecule has 0 aliphatic rings. The topological polar surface area (TPSA) is 288 Å². The molecule has 24 heteroatoms. The summed E-state index contributed by atoms with van der Waals surface area (Å²) in [5.74, 6) is -1.63. The molecule has 4 rings (SSSR count). The minimum absolute atomic E-state index is 0. The monoisotopic (exact) mass is 765 g/mol. The van der Waals surface area contributed by atoms with Crippen molar-refractivity contribution in [2.24, 2.45) is 10.2 Å². The van der Waals surface area contributed by atoms with Crippen LogP contribution in [0.25, 0.3) is 10.8 Å². The highest BCUT2D eigenvalue weighted by Crippen LogP contribution is 2.44. The quantitative estimate of drug-likeness (QED) is 0.0733. The average molecular weight is 766 g/mol. The van der Waals surface area contributed by atoms with Crippen molar-refractivity contribution in [3.63, 3.8) is 0 Å². The maximum atomic E-state index is 14.3. The number of azo groups is 1. The Morgan fingerprint density at radius 3 is 2.18 bits per heavy atom. The fourth-order valence-electron chi connectivity index (χ4n) is 3.99. The van der Waals surface area contributed by atoms with Gasteiger partial charge in [-0.2, -0.15) is 44.6 Å². The lowest BCUT2D eigenvalue weighted by atomic mass is 10.1. The Hall–Kier alpha value is -4.30. The normalized spacial score (nSPS) is 12.9. The minimum Gasteiger partial charge on any atom is -0.505 e. The van der Waals surface area contributed by atoms with Crippen molar-refractivity contribution >= 4 is 81.2 Å². The molecule has 0 amide bonds. The van der Waals surface area contributed by atoms with Crippen LogP contribution in [0.15, 0.2) is 67.4 Å². The highest BCUT2D eigenvalue weighted by molar-refractivity contribution is 7.86. The van der Waals surface area contributed by atoms with Gasteiger partial charge in [-0.05, 0) is 42.1 Å². The minimum atomic E-state index is -5.21. The lowest BCUT2D eigenvalue weighted by Crippen LogP contribution is -2.25. The van der Waals surface area contributed by atoms with E-state index < -0.39 is 90.7 Å². The number of nitrogens with one attached hydrogen (secondary N) is 1. The second-order valence-electron chi connectivity index (χ2n) is 9.54. The van der Waals surface area contributed by atoms with Gasteiger partial charge in [0.2, 0.25) is 11.9 Å². The molecule has 0 aliphatic heterocycles. The van der Waals surface area contributed by atoms with Crippen molar-refractivity contribution in [3.05, 3.63) is 48.5 Å². The molecule has 0 saturated carbocycles. The van der Waals surface area contributed by atoms with Crippen LogP contribution in [0.4, 0.5) is 33.3 Å². The Balaban J connectivity index is 0.00000650. The lowest BCUT2D eigenvalue weighted by Gasteiger charge is -2.17. The molecule has 0 saturated heterocycles. The van der Waals surface area contributed by atoms with Crippen LogP contribution in [0, 0.1) is 6.08 Å². The van der Waals surface area contributed by atoms with Crippen LogP contribution >= 0.6 is 0 Å². The van der Waals surface area contributed by atoms with Gasteiger partial charge in [0.25, 0.3) is 30.4 Å². The summed E-state index contributed by atoms with van der Waals surface area (Å²) >= 11 is -1.62. The van der Waals surface area contributed by atoms with Crippen molar-refractivity contribution < 1.29 is 56.8 Å². The van der Waals surface area contributed by atoms with Crippen LogP contribution in [0.5, 0.6) is 5.75 Å². The molecule has 0 bridgehead atoms. The summed E-state index contributed by atoms with van der Waals surface area (Å²) in [6, 6.07) is 6.64. The van der Waals surface area contributed by atoms with E-state index in [-0.39, 0.29) is 36.9 Å². The van der Waals surface area contributed by atoms with Crippen LogP contribution in [-0.2, 0) is 45.6 Å². The Morgan fingerprint density at radius 2 is 1.57 bits per heavy atom. The second kappa shape index (κ2) is 15.1. The molecule has 0 aliphatic carbocycles. The van der Waals surface area contributed by atoms with Gasteiger partial charge in [0.05, 0.1) is 0 Å². The van der Waals surface area contributed by atoms with Gasteiger partial charge in [0.15, 0.2) is 16.8 Å². The zero-order valence-corrected chi connectivity index (χ0v) is 27.7. The van der Waals surface area contributed by atoms with Crippen molar-refractivity contribution in [1.82, 2.24) is 15.0 Å². The number of hydrogen-bond acceptors (Lipinski definition) is 16. The maximum absolute atomic E-state index is 14.3. The number of phenols is 1. The van der Waals surface area contributed by atoms with Crippen molar-refractivity contribution in [3.8, 4) is 5.75 Å². The number of nitrogens with zero attached hydrogens (tertiary/aromatic N) is 6. The van der Waals surface area contributed by atoms with Crippen LogP contribution in [-0.4, -0.2) is 82.7 Å². The largest absolute Gasteiger partial charge is 0.505 e. The van der Waals surface area contributed by atoms with Crippen molar-refractivity contribution in [1.29, 1.82) is 0 Å². The number of fused-ring (bicyclic) bond motifs is 1. The molecule has 3 aromatic carbocycles. The first-order valence-electron chi connectivity index (χ1n) is 13.0. The molecule has 49 heavy (non-hydrogen) atoms. The molecule has 5 N–H and O–H groups in total. The van der Waals surface area contributed by atoms with Crippen LogP contribution in [0.2, 0.25) is 0 Å². The van der Waals surface area contributed by atoms with Gasteiger partial charge in [-0.25, -0.2) is 4.21 Å². The van der Waals surface area contributed by atoms with E-state index in [4.69, 9.17) is 4.18 Å². The molecule has 0 fully saturated rings. The maximum Gasteiger partial charge on any atom is 0.315 e. The summed E-state index contributed by atoms with van der Waals surface area (Å²) in [7, 11) is -13.9. The molecule has 1 unspecified atom stereocenters.